The third kappa shape index (κ3) is 3.37. The van der Waals surface area contributed by atoms with Crippen LogP contribution in [0.25, 0.3) is 0 Å². The Morgan fingerprint density at radius 3 is 2.43 bits per heavy atom. The molecule has 0 aliphatic carbocycles. The van der Waals surface area contributed by atoms with E-state index < -0.39 is 5.54 Å². The van der Waals surface area contributed by atoms with Crippen molar-refractivity contribution < 1.29 is 9.59 Å². The lowest BCUT2D eigenvalue weighted by molar-refractivity contribution is -0.151. The standard InChI is InChI=1S/C15H28N4O2/c1-15(2,18-10-7-17-8-11-18)14(21)19-9-5-4-6-12(19)13(20)16-3/h12,17H,4-11H2,1-3H3,(H,16,20). The van der Waals surface area contributed by atoms with Gasteiger partial charge in [0.25, 0.3) is 0 Å². The van der Waals surface area contributed by atoms with Crippen molar-refractivity contribution >= 4 is 11.8 Å². The zero-order chi connectivity index (χ0) is 15.5. The first-order valence-corrected chi connectivity index (χ1v) is 7.97. The summed E-state index contributed by atoms with van der Waals surface area (Å²) >= 11 is 0. The Morgan fingerprint density at radius 1 is 1.14 bits per heavy atom. The van der Waals surface area contributed by atoms with Crippen molar-refractivity contribution in [2.45, 2.75) is 44.7 Å². The fraction of sp³-hybridized carbons (Fsp3) is 0.867. The number of likely N-dealkylation sites (N-methyl/N-ethyl adjacent to an activating group) is 1. The number of nitrogens with one attached hydrogen (secondary N) is 2. The van der Waals surface area contributed by atoms with Crippen molar-refractivity contribution in [3.63, 3.8) is 0 Å². The Labute approximate surface area is 127 Å². The summed E-state index contributed by atoms with van der Waals surface area (Å²) in [5.41, 5.74) is -0.550. The molecule has 1 atom stereocenters. The van der Waals surface area contributed by atoms with E-state index in [9.17, 15) is 9.59 Å². The first-order valence-electron chi connectivity index (χ1n) is 7.97. The fourth-order valence-electron chi connectivity index (χ4n) is 3.32. The lowest BCUT2D eigenvalue weighted by atomic mass is 9.94. The maximum Gasteiger partial charge on any atom is 0.243 e. The predicted molar refractivity (Wildman–Crippen MR) is 81.9 cm³/mol. The van der Waals surface area contributed by atoms with Gasteiger partial charge < -0.3 is 15.5 Å². The first-order chi connectivity index (χ1) is 9.98. The summed E-state index contributed by atoms with van der Waals surface area (Å²) in [5.74, 6) is 0.0388. The molecule has 0 saturated carbocycles. The highest BCUT2D eigenvalue weighted by atomic mass is 16.2. The number of likely N-dealkylation sites (tertiary alicyclic amines) is 1. The summed E-state index contributed by atoms with van der Waals surface area (Å²) in [6, 6.07) is -0.307. The summed E-state index contributed by atoms with van der Waals surface area (Å²) < 4.78 is 0. The first kappa shape index (κ1) is 16.2. The van der Waals surface area contributed by atoms with E-state index in [-0.39, 0.29) is 17.9 Å². The van der Waals surface area contributed by atoms with Crippen molar-refractivity contribution in [3.05, 3.63) is 0 Å². The Bertz CT molecular complexity index is 391. The Balaban J connectivity index is 2.13. The molecule has 120 valence electrons. The number of hydrogen-bond acceptors (Lipinski definition) is 4. The molecule has 2 fully saturated rings. The van der Waals surface area contributed by atoms with E-state index in [1.165, 1.54) is 0 Å². The van der Waals surface area contributed by atoms with Crippen LogP contribution in [0.3, 0.4) is 0 Å². The SMILES string of the molecule is CNC(=O)C1CCCCN1C(=O)C(C)(C)N1CCNCC1. The summed E-state index contributed by atoms with van der Waals surface area (Å²) in [6.45, 7) is 8.22. The molecule has 2 N–H and O–H groups in total. The third-order valence-electron chi connectivity index (χ3n) is 4.74. The zero-order valence-corrected chi connectivity index (χ0v) is 13.4. The number of nitrogens with zero attached hydrogens (tertiary/aromatic N) is 2. The molecule has 0 aromatic heterocycles. The molecular formula is C15H28N4O2. The quantitative estimate of drug-likeness (QED) is 0.757. The van der Waals surface area contributed by atoms with E-state index in [4.69, 9.17) is 0 Å². The highest BCUT2D eigenvalue weighted by Crippen LogP contribution is 2.24. The normalized spacial score (nSPS) is 24.7. The number of rotatable bonds is 3. The maximum absolute atomic E-state index is 13.0. The van der Waals surface area contributed by atoms with Crippen molar-refractivity contribution in [1.82, 2.24) is 20.4 Å². The number of hydrogen-bond donors (Lipinski definition) is 2. The van der Waals surface area contributed by atoms with Gasteiger partial charge in [-0.25, -0.2) is 0 Å². The van der Waals surface area contributed by atoms with Crippen LogP contribution in [0.5, 0.6) is 0 Å². The van der Waals surface area contributed by atoms with Crippen molar-refractivity contribution in [1.29, 1.82) is 0 Å². The van der Waals surface area contributed by atoms with E-state index in [1.54, 1.807) is 11.9 Å². The molecule has 0 spiro atoms. The lowest BCUT2D eigenvalue weighted by Crippen LogP contribution is -2.64. The van der Waals surface area contributed by atoms with Gasteiger partial charge in [0.15, 0.2) is 0 Å². The maximum atomic E-state index is 13.0. The smallest absolute Gasteiger partial charge is 0.243 e. The molecule has 0 radical (unpaired) electrons. The highest BCUT2D eigenvalue weighted by molar-refractivity contribution is 5.91. The molecule has 2 amide bonds. The zero-order valence-electron chi connectivity index (χ0n) is 13.4. The Morgan fingerprint density at radius 2 is 1.81 bits per heavy atom. The van der Waals surface area contributed by atoms with E-state index in [0.29, 0.717) is 6.54 Å². The minimum Gasteiger partial charge on any atom is -0.357 e. The van der Waals surface area contributed by atoms with E-state index in [1.807, 2.05) is 13.8 Å². The van der Waals surface area contributed by atoms with Gasteiger partial charge in [0.05, 0.1) is 5.54 Å². The summed E-state index contributed by atoms with van der Waals surface area (Å²) in [6.07, 6.45) is 2.76. The molecule has 2 aliphatic rings. The third-order valence-corrected chi connectivity index (χ3v) is 4.74. The van der Waals surface area contributed by atoms with Crippen molar-refractivity contribution in [2.75, 3.05) is 39.8 Å². The molecule has 2 heterocycles. The molecular weight excluding hydrogens is 268 g/mol. The van der Waals surface area contributed by atoms with Gasteiger partial charge >= 0.3 is 0 Å². The largest absolute Gasteiger partial charge is 0.357 e. The summed E-state index contributed by atoms with van der Waals surface area (Å²) in [7, 11) is 1.64. The number of amides is 2. The molecule has 2 rings (SSSR count). The number of carbonyl (C=O) groups is 2. The second-order valence-electron chi connectivity index (χ2n) is 6.42. The molecule has 0 aromatic rings. The predicted octanol–water partition coefficient (Wildman–Crippen LogP) is -0.203. The van der Waals surface area contributed by atoms with Crippen LogP contribution < -0.4 is 10.6 Å². The second-order valence-corrected chi connectivity index (χ2v) is 6.42. The van der Waals surface area contributed by atoms with Crippen LogP contribution in [-0.2, 0) is 9.59 Å². The summed E-state index contributed by atoms with van der Waals surface area (Å²) in [4.78, 5) is 29.1. The van der Waals surface area contributed by atoms with Crippen LogP contribution in [0, 0.1) is 0 Å². The van der Waals surface area contributed by atoms with E-state index >= 15 is 0 Å². The highest BCUT2D eigenvalue weighted by Gasteiger charge is 2.42. The molecule has 21 heavy (non-hydrogen) atoms. The molecule has 0 bridgehead atoms. The fourth-order valence-corrected chi connectivity index (χ4v) is 3.32. The van der Waals surface area contributed by atoms with Crippen LogP contribution >= 0.6 is 0 Å². The van der Waals surface area contributed by atoms with Crippen LogP contribution in [0.15, 0.2) is 0 Å². The average molecular weight is 296 g/mol. The minimum absolute atomic E-state index is 0.0424. The number of piperazine rings is 1. The molecule has 0 aromatic carbocycles. The average Bonchev–Trinajstić information content (AvgIpc) is 2.54. The van der Waals surface area contributed by atoms with Crippen LogP contribution in [-0.4, -0.2) is 73.0 Å². The number of piperidine rings is 1. The van der Waals surface area contributed by atoms with E-state index in [2.05, 4.69) is 15.5 Å². The van der Waals surface area contributed by atoms with Gasteiger partial charge in [-0.05, 0) is 33.1 Å². The summed E-state index contributed by atoms with van der Waals surface area (Å²) in [5, 5.41) is 6.00. The van der Waals surface area contributed by atoms with Crippen LogP contribution in [0.4, 0.5) is 0 Å². The molecule has 6 heteroatoms. The minimum atomic E-state index is -0.550. The van der Waals surface area contributed by atoms with Crippen molar-refractivity contribution in [3.8, 4) is 0 Å². The van der Waals surface area contributed by atoms with Crippen LogP contribution in [0.1, 0.15) is 33.1 Å². The van der Waals surface area contributed by atoms with Crippen LogP contribution in [0.2, 0.25) is 0 Å². The Kier molecular flexibility index (Phi) is 5.22. The molecule has 1 unspecified atom stereocenters. The number of carbonyl (C=O) groups excluding carboxylic acids is 2. The Hall–Kier alpha value is -1.14. The molecule has 2 saturated heterocycles. The monoisotopic (exact) mass is 296 g/mol. The van der Waals surface area contributed by atoms with Gasteiger partial charge in [-0.3, -0.25) is 14.5 Å². The van der Waals surface area contributed by atoms with Crippen molar-refractivity contribution in [2.24, 2.45) is 0 Å². The van der Waals surface area contributed by atoms with Gasteiger partial charge in [0.2, 0.25) is 11.8 Å². The van der Waals surface area contributed by atoms with Gasteiger partial charge in [-0.15, -0.1) is 0 Å². The topological polar surface area (TPSA) is 64.7 Å². The van der Waals surface area contributed by atoms with Gasteiger partial charge in [-0.2, -0.15) is 0 Å². The lowest BCUT2D eigenvalue weighted by Gasteiger charge is -2.45. The molecule has 2 aliphatic heterocycles. The molecule has 6 nitrogen and oxygen atoms in total. The van der Waals surface area contributed by atoms with Gasteiger partial charge in [0, 0.05) is 39.8 Å². The second kappa shape index (κ2) is 6.75. The van der Waals surface area contributed by atoms with Gasteiger partial charge in [0.1, 0.15) is 6.04 Å². The van der Waals surface area contributed by atoms with E-state index in [0.717, 1.165) is 45.4 Å². The van der Waals surface area contributed by atoms with Gasteiger partial charge in [-0.1, -0.05) is 0 Å².